The third-order valence-corrected chi connectivity index (χ3v) is 4.88. The third-order valence-electron chi connectivity index (χ3n) is 3.74. The molecule has 0 aliphatic rings. The maximum Gasteiger partial charge on any atom is 0.0411 e. The van der Waals surface area contributed by atoms with Crippen LogP contribution in [0.15, 0.2) is 24.3 Å². The summed E-state index contributed by atoms with van der Waals surface area (Å²) in [6.07, 6.45) is 7.66. The van der Waals surface area contributed by atoms with E-state index in [1.807, 2.05) is 0 Å². The van der Waals surface area contributed by atoms with Crippen molar-refractivity contribution in [1.29, 1.82) is 0 Å². The van der Waals surface area contributed by atoms with Crippen LogP contribution in [0.5, 0.6) is 0 Å². The summed E-state index contributed by atoms with van der Waals surface area (Å²) in [7, 11) is 0. The summed E-state index contributed by atoms with van der Waals surface area (Å²) in [4.78, 5) is 0. The van der Waals surface area contributed by atoms with Gasteiger partial charge in [0.25, 0.3) is 0 Å². The van der Waals surface area contributed by atoms with E-state index in [0.29, 0.717) is 6.04 Å². The summed E-state index contributed by atoms with van der Waals surface area (Å²) >= 11 is 2.10. The Labute approximate surface area is 136 Å². The first-order chi connectivity index (χ1) is 10.3. The van der Waals surface area contributed by atoms with Crippen molar-refractivity contribution in [2.24, 2.45) is 0 Å². The predicted octanol–water partition coefficient (Wildman–Crippen LogP) is 5.60. The maximum absolute atomic E-state index is 3.71. The van der Waals surface area contributed by atoms with Gasteiger partial charge in [-0.05, 0) is 42.7 Å². The fourth-order valence-corrected chi connectivity index (χ4v) is 3.57. The molecule has 120 valence electrons. The van der Waals surface area contributed by atoms with Gasteiger partial charge in [0.2, 0.25) is 0 Å². The molecule has 0 aromatic heterocycles. The van der Waals surface area contributed by atoms with Crippen LogP contribution in [0.3, 0.4) is 0 Å². The van der Waals surface area contributed by atoms with Crippen molar-refractivity contribution in [2.75, 3.05) is 18.1 Å². The zero-order valence-electron chi connectivity index (χ0n) is 14.2. The number of benzene rings is 1. The smallest absolute Gasteiger partial charge is 0.0411 e. The number of aryl methyl sites for hydroxylation is 1. The fraction of sp³-hybridized carbons (Fsp3) is 0.684. The minimum atomic E-state index is 0.507. The summed E-state index contributed by atoms with van der Waals surface area (Å²) in [5.74, 6) is 2.49. The highest BCUT2D eigenvalue weighted by atomic mass is 32.2. The number of unbranched alkanes of at least 4 members (excludes halogenated alkanes) is 2. The lowest BCUT2D eigenvalue weighted by Gasteiger charge is -2.19. The molecule has 0 aliphatic carbocycles. The van der Waals surface area contributed by atoms with E-state index in [2.05, 4.69) is 62.1 Å². The summed E-state index contributed by atoms with van der Waals surface area (Å²) < 4.78 is 0. The van der Waals surface area contributed by atoms with Crippen molar-refractivity contribution in [3.8, 4) is 0 Å². The predicted molar refractivity (Wildman–Crippen MR) is 98.3 cm³/mol. The van der Waals surface area contributed by atoms with E-state index in [-0.39, 0.29) is 0 Å². The molecule has 1 aromatic rings. The summed E-state index contributed by atoms with van der Waals surface area (Å²) in [6.45, 7) is 7.86. The first-order valence-electron chi connectivity index (χ1n) is 8.71. The zero-order chi connectivity index (χ0) is 15.3. The number of rotatable bonds is 12. The largest absolute Gasteiger partial charge is 0.309 e. The van der Waals surface area contributed by atoms with Gasteiger partial charge in [0.1, 0.15) is 0 Å². The molecule has 0 heterocycles. The van der Waals surface area contributed by atoms with Crippen molar-refractivity contribution in [3.05, 3.63) is 35.4 Å². The molecule has 0 fully saturated rings. The molecule has 1 nitrogen and oxygen atoms in total. The number of nitrogens with one attached hydrogen (secondary N) is 1. The van der Waals surface area contributed by atoms with Crippen LogP contribution < -0.4 is 5.32 Å². The Morgan fingerprint density at radius 1 is 0.952 bits per heavy atom. The highest BCUT2D eigenvalue weighted by Crippen LogP contribution is 2.20. The van der Waals surface area contributed by atoms with Crippen molar-refractivity contribution in [3.63, 3.8) is 0 Å². The highest BCUT2D eigenvalue weighted by Gasteiger charge is 2.10. The number of thioether (sulfide) groups is 1. The lowest BCUT2D eigenvalue weighted by atomic mass is 10.0. The van der Waals surface area contributed by atoms with Gasteiger partial charge in [-0.1, -0.05) is 64.3 Å². The normalized spacial score (nSPS) is 12.5. The van der Waals surface area contributed by atoms with Crippen molar-refractivity contribution >= 4 is 11.8 Å². The molecular formula is C19H33NS. The minimum Gasteiger partial charge on any atom is -0.309 e. The lowest BCUT2D eigenvalue weighted by molar-refractivity contribution is 0.577. The summed E-state index contributed by atoms with van der Waals surface area (Å²) in [5.41, 5.74) is 2.91. The van der Waals surface area contributed by atoms with Gasteiger partial charge in [0.15, 0.2) is 0 Å². The van der Waals surface area contributed by atoms with Crippen molar-refractivity contribution in [2.45, 2.75) is 65.3 Å². The van der Waals surface area contributed by atoms with Gasteiger partial charge in [-0.15, -0.1) is 0 Å². The molecule has 0 aliphatic heterocycles. The van der Waals surface area contributed by atoms with Crippen LogP contribution in [0.25, 0.3) is 0 Å². The van der Waals surface area contributed by atoms with Gasteiger partial charge in [0, 0.05) is 11.8 Å². The van der Waals surface area contributed by atoms with Gasteiger partial charge in [-0.3, -0.25) is 0 Å². The molecule has 0 radical (unpaired) electrons. The Balaban J connectivity index is 2.50. The second-order valence-electron chi connectivity index (χ2n) is 5.78. The lowest BCUT2D eigenvalue weighted by Crippen LogP contribution is -2.24. The van der Waals surface area contributed by atoms with E-state index in [0.717, 1.165) is 6.54 Å². The van der Waals surface area contributed by atoms with Gasteiger partial charge in [-0.25, -0.2) is 0 Å². The second-order valence-corrected chi connectivity index (χ2v) is 6.93. The monoisotopic (exact) mass is 307 g/mol. The molecule has 0 saturated carbocycles. The molecule has 21 heavy (non-hydrogen) atoms. The van der Waals surface area contributed by atoms with Gasteiger partial charge < -0.3 is 5.32 Å². The van der Waals surface area contributed by atoms with Crippen LogP contribution in [0, 0.1) is 0 Å². The van der Waals surface area contributed by atoms with Crippen LogP contribution in [0.1, 0.15) is 70.0 Å². The second kappa shape index (κ2) is 12.1. The highest BCUT2D eigenvalue weighted by molar-refractivity contribution is 7.99. The van der Waals surface area contributed by atoms with Crippen molar-refractivity contribution < 1.29 is 0 Å². The topological polar surface area (TPSA) is 12.0 Å². The molecule has 0 amide bonds. The molecular weight excluding hydrogens is 274 g/mol. The van der Waals surface area contributed by atoms with Crippen LogP contribution in [0.2, 0.25) is 0 Å². The standard InChI is InChI=1S/C19H33NS/c1-4-7-8-15-21-16-19(20-14-6-3)18-12-10-17(9-5-2)11-13-18/h10-13,19-20H,4-9,14-16H2,1-3H3. The van der Waals surface area contributed by atoms with E-state index >= 15 is 0 Å². The van der Waals surface area contributed by atoms with Crippen molar-refractivity contribution in [1.82, 2.24) is 5.32 Å². The molecule has 1 N–H and O–H groups in total. The Hall–Kier alpha value is -0.470. The molecule has 0 saturated heterocycles. The summed E-state index contributed by atoms with van der Waals surface area (Å²) in [6, 6.07) is 9.77. The summed E-state index contributed by atoms with van der Waals surface area (Å²) in [5, 5.41) is 3.71. The fourth-order valence-electron chi connectivity index (χ4n) is 2.45. The number of hydrogen-bond donors (Lipinski definition) is 1. The van der Waals surface area contributed by atoms with Crippen LogP contribution >= 0.6 is 11.8 Å². The van der Waals surface area contributed by atoms with Crippen LogP contribution in [-0.2, 0) is 6.42 Å². The molecule has 0 spiro atoms. The molecule has 1 atom stereocenters. The first kappa shape index (κ1) is 18.6. The quantitative estimate of drug-likeness (QED) is 0.504. The number of hydrogen-bond acceptors (Lipinski definition) is 2. The third kappa shape index (κ3) is 7.92. The Morgan fingerprint density at radius 3 is 2.33 bits per heavy atom. The van der Waals surface area contributed by atoms with E-state index in [1.54, 1.807) is 0 Å². The van der Waals surface area contributed by atoms with Crippen LogP contribution in [-0.4, -0.2) is 18.1 Å². The Bertz CT molecular complexity index is 347. The molecule has 1 rings (SSSR count). The molecule has 1 unspecified atom stereocenters. The molecule has 2 heteroatoms. The van der Waals surface area contributed by atoms with Crippen LogP contribution in [0.4, 0.5) is 0 Å². The SMILES string of the molecule is CCCCCSCC(NCCC)c1ccc(CCC)cc1. The van der Waals surface area contributed by atoms with E-state index in [1.165, 1.54) is 61.2 Å². The van der Waals surface area contributed by atoms with Gasteiger partial charge in [-0.2, -0.15) is 11.8 Å². The zero-order valence-corrected chi connectivity index (χ0v) is 15.0. The van der Waals surface area contributed by atoms with E-state index in [9.17, 15) is 0 Å². The molecule has 0 bridgehead atoms. The Kier molecular flexibility index (Phi) is 10.7. The van der Waals surface area contributed by atoms with Gasteiger partial charge >= 0.3 is 0 Å². The minimum absolute atomic E-state index is 0.507. The molecule has 1 aromatic carbocycles. The average Bonchev–Trinajstić information content (AvgIpc) is 2.51. The van der Waals surface area contributed by atoms with E-state index < -0.39 is 0 Å². The van der Waals surface area contributed by atoms with Gasteiger partial charge in [0.05, 0.1) is 0 Å². The maximum atomic E-state index is 3.71. The van der Waals surface area contributed by atoms with E-state index in [4.69, 9.17) is 0 Å². The average molecular weight is 308 g/mol. The first-order valence-corrected chi connectivity index (χ1v) is 9.87. The Morgan fingerprint density at radius 2 is 1.71 bits per heavy atom.